The molecular weight excluding hydrogens is 400 g/mol. The topological polar surface area (TPSA) is 128 Å². The van der Waals surface area contributed by atoms with E-state index in [9.17, 15) is 24.3 Å². The van der Waals surface area contributed by atoms with Crippen LogP contribution in [0, 0.1) is 5.92 Å². The molecular formula is C18H32N4O6S. The lowest BCUT2D eigenvalue weighted by Crippen LogP contribution is -2.56. The van der Waals surface area contributed by atoms with Gasteiger partial charge in [-0.2, -0.15) is 0 Å². The molecule has 1 heterocycles. The SMILES string of the molecule is CC(C)[C@H](NC(=O)N(C)CCNC(=O)OC(C)(C)C)C(=O)N1CSC[C@H]1C(=O)O. The first-order valence-electron chi connectivity index (χ1n) is 9.43. The first-order valence-corrected chi connectivity index (χ1v) is 10.6. The molecule has 0 bridgehead atoms. The molecule has 1 rings (SSSR count). The highest BCUT2D eigenvalue weighted by Gasteiger charge is 2.39. The predicted octanol–water partition coefficient (Wildman–Crippen LogP) is 1.16. The predicted molar refractivity (Wildman–Crippen MR) is 110 cm³/mol. The minimum absolute atomic E-state index is 0.184. The summed E-state index contributed by atoms with van der Waals surface area (Å²) in [6.07, 6.45) is -0.576. The molecule has 0 aromatic heterocycles. The zero-order valence-corrected chi connectivity index (χ0v) is 18.7. The fourth-order valence-corrected chi connectivity index (χ4v) is 3.70. The van der Waals surface area contributed by atoms with Crippen molar-refractivity contribution in [2.45, 2.75) is 52.3 Å². The number of urea groups is 1. The fraction of sp³-hybridized carbons (Fsp3) is 0.778. The summed E-state index contributed by atoms with van der Waals surface area (Å²) in [6, 6.07) is -2.22. The second-order valence-electron chi connectivity index (χ2n) is 8.18. The molecule has 0 aromatic rings. The van der Waals surface area contributed by atoms with Crippen molar-refractivity contribution < 1.29 is 29.0 Å². The number of hydrogen-bond acceptors (Lipinski definition) is 6. The van der Waals surface area contributed by atoms with Crippen molar-refractivity contribution in [3.05, 3.63) is 0 Å². The standard InChI is InChI=1S/C18H32N4O6S/c1-11(2)13(14(23)22-10-29-9-12(22)15(24)25)20-16(26)21(6)8-7-19-17(27)28-18(3,4)5/h11-13H,7-10H2,1-6H3,(H,19,27)(H,20,26)(H,24,25)/t12-,13-/m0/s1. The Labute approximate surface area is 175 Å². The van der Waals surface area contributed by atoms with Crippen LogP contribution in [0.2, 0.25) is 0 Å². The summed E-state index contributed by atoms with van der Waals surface area (Å²) in [6.45, 7) is 9.22. The number of hydrogen-bond donors (Lipinski definition) is 3. The van der Waals surface area contributed by atoms with Gasteiger partial charge in [-0.25, -0.2) is 14.4 Å². The van der Waals surface area contributed by atoms with Gasteiger partial charge >= 0.3 is 18.1 Å². The number of nitrogens with zero attached hydrogens (tertiary/aromatic N) is 2. The number of aliphatic carboxylic acids is 1. The summed E-state index contributed by atoms with van der Waals surface area (Å²) in [5, 5.41) is 14.5. The highest BCUT2D eigenvalue weighted by Crippen LogP contribution is 2.23. The summed E-state index contributed by atoms with van der Waals surface area (Å²) in [7, 11) is 1.54. The summed E-state index contributed by atoms with van der Waals surface area (Å²) in [5.74, 6) is -1.08. The summed E-state index contributed by atoms with van der Waals surface area (Å²) in [5.41, 5.74) is -0.611. The normalized spacial score (nSPS) is 17.6. The molecule has 0 spiro atoms. The van der Waals surface area contributed by atoms with Crippen molar-refractivity contribution in [1.82, 2.24) is 20.4 Å². The molecule has 166 valence electrons. The maximum absolute atomic E-state index is 12.8. The number of carbonyl (C=O) groups is 4. The van der Waals surface area contributed by atoms with Crippen molar-refractivity contribution in [3.8, 4) is 0 Å². The third kappa shape index (κ3) is 8.00. The molecule has 0 aliphatic carbocycles. The van der Waals surface area contributed by atoms with E-state index in [0.717, 1.165) is 0 Å². The monoisotopic (exact) mass is 432 g/mol. The Morgan fingerprint density at radius 1 is 1.28 bits per heavy atom. The summed E-state index contributed by atoms with van der Waals surface area (Å²) in [4.78, 5) is 50.9. The van der Waals surface area contributed by atoms with E-state index in [1.165, 1.54) is 21.6 Å². The molecule has 0 saturated carbocycles. The molecule has 1 fully saturated rings. The van der Waals surface area contributed by atoms with Gasteiger partial charge in [0.1, 0.15) is 17.7 Å². The Morgan fingerprint density at radius 3 is 2.41 bits per heavy atom. The van der Waals surface area contributed by atoms with Crippen LogP contribution in [0.15, 0.2) is 0 Å². The molecule has 1 saturated heterocycles. The highest BCUT2D eigenvalue weighted by atomic mass is 32.2. The van der Waals surface area contributed by atoms with E-state index in [4.69, 9.17) is 4.74 Å². The van der Waals surface area contributed by atoms with E-state index in [1.54, 1.807) is 41.7 Å². The molecule has 1 aliphatic rings. The van der Waals surface area contributed by atoms with E-state index >= 15 is 0 Å². The molecule has 2 atom stereocenters. The van der Waals surface area contributed by atoms with E-state index in [-0.39, 0.29) is 24.9 Å². The fourth-order valence-electron chi connectivity index (χ4n) is 2.54. The van der Waals surface area contributed by atoms with E-state index in [1.807, 2.05) is 0 Å². The van der Waals surface area contributed by atoms with E-state index < -0.39 is 41.7 Å². The van der Waals surface area contributed by atoms with Gasteiger partial charge in [-0.1, -0.05) is 13.8 Å². The number of amides is 4. The third-order valence-corrected chi connectivity index (χ3v) is 5.14. The maximum Gasteiger partial charge on any atom is 0.407 e. The lowest BCUT2D eigenvalue weighted by atomic mass is 10.0. The number of carboxylic acids is 1. The summed E-state index contributed by atoms with van der Waals surface area (Å²) < 4.78 is 5.12. The number of nitrogens with one attached hydrogen (secondary N) is 2. The first-order chi connectivity index (χ1) is 13.3. The number of carboxylic acid groups (broad SMARTS) is 1. The minimum Gasteiger partial charge on any atom is -0.480 e. The Balaban J connectivity index is 2.60. The number of rotatable bonds is 7. The second-order valence-corrected chi connectivity index (χ2v) is 9.18. The van der Waals surface area contributed by atoms with Crippen LogP contribution in [0.25, 0.3) is 0 Å². The zero-order valence-electron chi connectivity index (χ0n) is 17.9. The van der Waals surface area contributed by atoms with Gasteiger partial charge in [0.25, 0.3) is 0 Å². The minimum atomic E-state index is -1.05. The number of ether oxygens (including phenoxy) is 1. The molecule has 11 heteroatoms. The average Bonchev–Trinajstić information content (AvgIpc) is 3.06. The van der Waals surface area contributed by atoms with Gasteiger partial charge in [0.05, 0.1) is 5.88 Å². The van der Waals surface area contributed by atoms with Gasteiger partial charge in [0, 0.05) is 25.9 Å². The molecule has 29 heavy (non-hydrogen) atoms. The van der Waals surface area contributed by atoms with Crippen LogP contribution in [-0.2, 0) is 14.3 Å². The Hall–Kier alpha value is -2.17. The molecule has 10 nitrogen and oxygen atoms in total. The number of alkyl carbamates (subject to hydrolysis) is 1. The average molecular weight is 433 g/mol. The van der Waals surface area contributed by atoms with Crippen LogP contribution >= 0.6 is 11.8 Å². The lowest BCUT2D eigenvalue weighted by molar-refractivity contribution is -0.148. The lowest BCUT2D eigenvalue weighted by Gasteiger charge is -2.30. The van der Waals surface area contributed by atoms with Crippen LogP contribution < -0.4 is 10.6 Å². The van der Waals surface area contributed by atoms with Crippen LogP contribution in [-0.4, -0.2) is 88.4 Å². The Morgan fingerprint density at radius 2 is 1.90 bits per heavy atom. The van der Waals surface area contributed by atoms with Crippen molar-refractivity contribution in [1.29, 1.82) is 0 Å². The van der Waals surface area contributed by atoms with E-state index in [2.05, 4.69) is 10.6 Å². The molecule has 4 amide bonds. The second kappa shape index (κ2) is 10.6. The van der Waals surface area contributed by atoms with Crippen molar-refractivity contribution in [2.75, 3.05) is 31.8 Å². The van der Waals surface area contributed by atoms with Gasteiger partial charge in [-0.05, 0) is 26.7 Å². The quantitative estimate of drug-likeness (QED) is 0.551. The molecule has 1 aliphatic heterocycles. The van der Waals surface area contributed by atoms with Crippen molar-refractivity contribution in [3.63, 3.8) is 0 Å². The van der Waals surface area contributed by atoms with Crippen molar-refractivity contribution in [2.24, 2.45) is 5.92 Å². The first kappa shape index (κ1) is 24.9. The van der Waals surface area contributed by atoms with Crippen LogP contribution in [0.3, 0.4) is 0 Å². The molecule has 0 aromatic carbocycles. The Bertz CT molecular complexity index is 622. The third-order valence-electron chi connectivity index (χ3n) is 4.12. The molecule has 0 unspecified atom stereocenters. The largest absolute Gasteiger partial charge is 0.480 e. The van der Waals surface area contributed by atoms with Crippen molar-refractivity contribution >= 4 is 35.8 Å². The molecule has 3 N–H and O–H groups in total. The van der Waals surface area contributed by atoms with E-state index in [0.29, 0.717) is 5.75 Å². The maximum atomic E-state index is 12.8. The van der Waals surface area contributed by atoms with Crippen LogP contribution in [0.5, 0.6) is 0 Å². The number of carbonyl (C=O) groups excluding carboxylic acids is 3. The van der Waals surface area contributed by atoms with Gasteiger partial charge in [0.15, 0.2) is 0 Å². The Kier molecular flexibility index (Phi) is 9.06. The summed E-state index contributed by atoms with van der Waals surface area (Å²) >= 11 is 1.37. The van der Waals surface area contributed by atoms with Crippen LogP contribution in [0.1, 0.15) is 34.6 Å². The highest BCUT2D eigenvalue weighted by molar-refractivity contribution is 7.99. The number of thioether (sulfide) groups is 1. The smallest absolute Gasteiger partial charge is 0.407 e. The zero-order chi connectivity index (χ0) is 22.4. The van der Waals surface area contributed by atoms with Gasteiger partial charge in [-0.3, -0.25) is 4.79 Å². The van der Waals surface area contributed by atoms with Gasteiger partial charge in [-0.15, -0.1) is 11.8 Å². The molecule has 0 radical (unpaired) electrons. The van der Waals surface area contributed by atoms with Gasteiger partial charge in [0.2, 0.25) is 5.91 Å². The van der Waals surface area contributed by atoms with Crippen LogP contribution in [0.4, 0.5) is 9.59 Å². The number of likely N-dealkylation sites (N-methyl/N-ethyl adjacent to an activating group) is 1. The van der Waals surface area contributed by atoms with Gasteiger partial charge < -0.3 is 30.3 Å².